The Morgan fingerprint density at radius 1 is 0.696 bits per heavy atom. The van der Waals surface area contributed by atoms with Crippen LogP contribution in [0.1, 0.15) is 39.0 Å². The molecule has 23 heavy (non-hydrogen) atoms. The van der Waals surface area contributed by atoms with Crippen molar-refractivity contribution in [3.63, 3.8) is 0 Å². The molecule has 0 aromatic rings. The Labute approximate surface area is 129 Å². The van der Waals surface area contributed by atoms with Crippen LogP contribution in [0.2, 0.25) is 0 Å². The minimum absolute atomic E-state index is 0.321. The summed E-state index contributed by atoms with van der Waals surface area (Å²) in [6.45, 7) is 0.458. The second-order valence-corrected chi connectivity index (χ2v) is 7.75. The molecular weight excluding hydrogens is 329 g/mol. The lowest BCUT2D eigenvalue weighted by atomic mass is 9.48. The van der Waals surface area contributed by atoms with E-state index in [-0.39, 0.29) is 0 Å². The summed E-state index contributed by atoms with van der Waals surface area (Å²) in [6.07, 6.45) is -3.32. The zero-order valence-corrected chi connectivity index (χ0v) is 12.5. The molecule has 0 saturated heterocycles. The van der Waals surface area contributed by atoms with Crippen molar-refractivity contribution in [3.8, 4) is 0 Å². The van der Waals surface area contributed by atoms with Crippen LogP contribution in [0.15, 0.2) is 0 Å². The van der Waals surface area contributed by atoms with Crippen molar-refractivity contribution in [1.29, 1.82) is 0 Å². The minimum atomic E-state index is -6.41. The molecule has 1 nitrogen and oxygen atoms in total. The predicted molar refractivity (Wildman–Crippen MR) is 67.1 cm³/mol. The summed E-state index contributed by atoms with van der Waals surface area (Å²) in [6, 6.07) is 0. The van der Waals surface area contributed by atoms with Gasteiger partial charge in [0, 0.05) is 0 Å². The van der Waals surface area contributed by atoms with Gasteiger partial charge >= 0.3 is 18.0 Å². The molecule has 134 valence electrons. The van der Waals surface area contributed by atoms with Gasteiger partial charge in [-0.05, 0) is 68.6 Å². The molecule has 4 aliphatic carbocycles. The van der Waals surface area contributed by atoms with Gasteiger partial charge in [0.05, 0.1) is 0 Å². The molecule has 0 spiro atoms. The third-order valence-electron chi connectivity index (χ3n) is 6.26. The highest BCUT2D eigenvalue weighted by Gasteiger charge is 2.80. The average Bonchev–Trinajstić information content (AvgIpc) is 2.34. The van der Waals surface area contributed by atoms with Crippen molar-refractivity contribution in [2.75, 3.05) is 0 Å². The average molecular weight is 348 g/mol. The molecule has 8 heteroatoms. The highest BCUT2D eigenvalue weighted by atomic mass is 19.4. The summed E-state index contributed by atoms with van der Waals surface area (Å²) in [5.74, 6) is -13.2. The molecule has 0 heterocycles. The molecule has 1 unspecified atom stereocenters. The molecule has 4 rings (SSSR count). The van der Waals surface area contributed by atoms with Crippen LogP contribution in [0, 0.1) is 29.6 Å². The normalized spacial score (nSPS) is 40.3. The third-order valence-corrected chi connectivity index (χ3v) is 6.26. The van der Waals surface area contributed by atoms with Gasteiger partial charge in [-0.25, -0.2) is 0 Å². The predicted octanol–water partition coefficient (Wildman–Crippen LogP) is 4.64. The van der Waals surface area contributed by atoms with Gasteiger partial charge in [-0.15, -0.1) is 0 Å². The summed E-state index contributed by atoms with van der Waals surface area (Å²) in [7, 11) is 0. The number of hydrogen-bond donors (Lipinski definition) is 1. The number of rotatable bonds is 3. The van der Waals surface area contributed by atoms with Gasteiger partial charge < -0.3 is 5.11 Å². The second-order valence-electron chi connectivity index (χ2n) is 7.75. The molecule has 0 aromatic heterocycles. The van der Waals surface area contributed by atoms with E-state index in [1.165, 1.54) is 0 Å². The Balaban J connectivity index is 1.95. The van der Waals surface area contributed by atoms with E-state index in [4.69, 9.17) is 0 Å². The van der Waals surface area contributed by atoms with Gasteiger partial charge in [-0.1, -0.05) is 0 Å². The van der Waals surface area contributed by atoms with Crippen molar-refractivity contribution in [2.45, 2.75) is 62.7 Å². The third kappa shape index (κ3) is 2.23. The van der Waals surface area contributed by atoms with E-state index < -0.39 is 41.4 Å². The lowest BCUT2D eigenvalue weighted by Gasteiger charge is -2.59. The first-order chi connectivity index (χ1) is 10.3. The Morgan fingerprint density at radius 2 is 1.09 bits per heavy atom. The standard InChI is InChI=1S/C15H19F7O/c1-12(23,13(16,17)14(18,19)15(20,21)22)11-9-3-7-2-8(5-9)6-10(11)4-7/h7-11,23H,2-6H2,1H3. The van der Waals surface area contributed by atoms with E-state index >= 15 is 0 Å². The smallest absolute Gasteiger partial charge is 0.383 e. The van der Waals surface area contributed by atoms with Crippen molar-refractivity contribution >= 4 is 0 Å². The topological polar surface area (TPSA) is 20.2 Å². The van der Waals surface area contributed by atoms with Gasteiger partial charge in [-0.2, -0.15) is 30.7 Å². The molecule has 4 bridgehead atoms. The summed E-state index contributed by atoms with van der Waals surface area (Å²) in [5.41, 5.74) is -3.39. The fourth-order valence-corrected chi connectivity index (χ4v) is 5.55. The first kappa shape index (κ1) is 17.3. The van der Waals surface area contributed by atoms with Gasteiger partial charge in [0.2, 0.25) is 0 Å². The van der Waals surface area contributed by atoms with E-state index in [2.05, 4.69) is 0 Å². The zero-order chi connectivity index (χ0) is 17.4. The number of halogens is 7. The Hall–Kier alpha value is -0.530. The zero-order valence-electron chi connectivity index (χ0n) is 12.5. The van der Waals surface area contributed by atoms with E-state index in [0.717, 1.165) is 6.42 Å². The maximum atomic E-state index is 14.2. The molecular formula is C15H19F7O. The fourth-order valence-electron chi connectivity index (χ4n) is 5.55. The Morgan fingerprint density at radius 3 is 1.43 bits per heavy atom. The van der Waals surface area contributed by atoms with Crippen molar-refractivity contribution in [2.24, 2.45) is 29.6 Å². The maximum absolute atomic E-state index is 14.2. The van der Waals surface area contributed by atoms with Crippen LogP contribution in [0.25, 0.3) is 0 Å². The van der Waals surface area contributed by atoms with Gasteiger partial charge in [0.1, 0.15) is 5.60 Å². The number of aliphatic hydroxyl groups is 1. The Kier molecular flexibility index (Phi) is 3.58. The largest absolute Gasteiger partial charge is 0.459 e. The molecule has 0 aromatic carbocycles. The SMILES string of the molecule is CC(O)(C1C2CC3CC(C2)CC1C3)C(F)(F)C(F)(F)C(F)(F)F. The molecule has 1 atom stereocenters. The summed E-state index contributed by atoms with van der Waals surface area (Å²) >= 11 is 0. The highest BCUT2D eigenvalue weighted by molar-refractivity contribution is 5.12. The molecule has 1 N–H and O–H groups in total. The molecule has 4 saturated carbocycles. The van der Waals surface area contributed by atoms with Gasteiger partial charge in [0.25, 0.3) is 0 Å². The molecule has 0 aliphatic heterocycles. The monoisotopic (exact) mass is 348 g/mol. The Bertz CT molecular complexity index is 455. The van der Waals surface area contributed by atoms with E-state index in [0.29, 0.717) is 44.4 Å². The van der Waals surface area contributed by atoms with E-state index in [1.54, 1.807) is 0 Å². The van der Waals surface area contributed by atoms with Crippen LogP contribution in [-0.4, -0.2) is 28.7 Å². The number of hydrogen-bond acceptors (Lipinski definition) is 1. The van der Waals surface area contributed by atoms with Crippen LogP contribution in [0.3, 0.4) is 0 Å². The molecule has 4 aliphatic rings. The van der Waals surface area contributed by atoms with Crippen LogP contribution in [0.5, 0.6) is 0 Å². The minimum Gasteiger partial charge on any atom is -0.383 e. The number of alkyl halides is 7. The van der Waals surface area contributed by atoms with Crippen molar-refractivity contribution < 1.29 is 35.8 Å². The fraction of sp³-hybridized carbons (Fsp3) is 1.00. The maximum Gasteiger partial charge on any atom is 0.459 e. The van der Waals surface area contributed by atoms with Crippen LogP contribution in [-0.2, 0) is 0 Å². The summed E-state index contributed by atoms with van der Waals surface area (Å²) in [5, 5.41) is 10.2. The quantitative estimate of drug-likeness (QED) is 0.737. The van der Waals surface area contributed by atoms with E-state index in [1.807, 2.05) is 0 Å². The van der Waals surface area contributed by atoms with Crippen molar-refractivity contribution in [1.82, 2.24) is 0 Å². The first-order valence-corrected chi connectivity index (χ1v) is 7.83. The van der Waals surface area contributed by atoms with Crippen LogP contribution >= 0.6 is 0 Å². The van der Waals surface area contributed by atoms with Crippen LogP contribution in [0.4, 0.5) is 30.7 Å². The summed E-state index contributed by atoms with van der Waals surface area (Å²) < 4.78 is 92.4. The van der Waals surface area contributed by atoms with E-state index in [9.17, 15) is 35.8 Å². The van der Waals surface area contributed by atoms with Crippen LogP contribution < -0.4 is 0 Å². The lowest BCUT2D eigenvalue weighted by molar-refractivity contribution is -0.397. The molecule has 0 amide bonds. The van der Waals surface area contributed by atoms with Gasteiger partial charge in [0.15, 0.2) is 0 Å². The lowest BCUT2D eigenvalue weighted by Crippen LogP contribution is -2.69. The highest BCUT2D eigenvalue weighted by Crippen LogP contribution is 2.63. The van der Waals surface area contributed by atoms with Crippen molar-refractivity contribution in [3.05, 3.63) is 0 Å². The van der Waals surface area contributed by atoms with Gasteiger partial charge in [-0.3, -0.25) is 0 Å². The molecule has 4 fully saturated rings. The molecule has 0 radical (unpaired) electrons. The summed E-state index contributed by atoms with van der Waals surface area (Å²) in [4.78, 5) is 0. The second kappa shape index (κ2) is 4.76. The first-order valence-electron chi connectivity index (χ1n) is 7.83.